The number of fused-ring (bicyclic) bond motifs is 2. The van der Waals surface area contributed by atoms with E-state index in [1.807, 2.05) is 38.3 Å². The quantitative estimate of drug-likeness (QED) is 0.271. The van der Waals surface area contributed by atoms with E-state index in [1.165, 1.54) is 0 Å². The van der Waals surface area contributed by atoms with Crippen LogP contribution in [0.25, 0.3) is 22.3 Å². The van der Waals surface area contributed by atoms with E-state index in [4.69, 9.17) is 28.6 Å². The predicted octanol–water partition coefficient (Wildman–Crippen LogP) is 4.47. The number of ether oxygens (including phenoxy) is 3. The first-order chi connectivity index (χ1) is 18.8. The van der Waals surface area contributed by atoms with Crippen molar-refractivity contribution in [3.8, 4) is 11.3 Å². The normalized spacial score (nSPS) is 23.8. The molecule has 3 atom stereocenters. The van der Waals surface area contributed by atoms with E-state index in [0.29, 0.717) is 48.2 Å². The van der Waals surface area contributed by atoms with Crippen LogP contribution < -0.4 is 10.6 Å². The minimum atomic E-state index is -0.863. The van der Waals surface area contributed by atoms with E-state index in [-0.39, 0.29) is 18.6 Å². The van der Waals surface area contributed by atoms with Gasteiger partial charge in [0.2, 0.25) is 5.95 Å². The Morgan fingerprint density at radius 1 is 1.23 bits per heavy atom. The maximum absolute atomic E-state index is 10.1. The smallest absolute Gasteiger partial charge is 0.225 e. The molecule has 0 amide bonds. The number of aryl methyl sites for hydroxylation is 1. The van der Waals surface area contributed by atoms with E-state index in [2.05, 4.69) is 20.6 Å². The van der Waals surface area contributed by atoms with Crippen LogP contribution >= 0.6 is 11.3 Å². The average molecular weight is 553 g/mol. The SMILES string of the molecule is COCc1cc2cc(-c3c(C)nc(NCc4nccs4)nc3N[C@@]34CC[C@H](CO)[C@H]3OC(C)(C)O4)oc2cn1. The minimum Gasteiger partial charge on any atom is -0.454 e. The van der Waals surface area contributed by atoms with Crippen LogP contribution in [0, 0.1) is 12.8 Å². The van der Waals surface area contributed by atoms with Crippen LogP contribution in [-0.2, 0) is 27.4 Å². The highest BCUT2D eigenvalue weighted by atomic mass is 32.1. The number of rotatable bonds is 9. The molecule has 11 nitrogen and oxygen atoms in total. The zero-order valence-electron chi connectivity index (χ0n) is 22.4. The molecular weight excluding hydrogens is 520 g/mol. The summed E-state index contributed by atoms with van der Waals surface area (Å²) in [5, 5.41) is 20.7. The summed E-state index contributed by atoms with van der Waals surface area (Å²) in [6, 6.07) is 3.92. The second kappa shape index (κ2) is 10.1. The van der Waals surface area contributed by atoms with Gasteiger partial charge in [0.25, 0.3) is 0 Å². The first-order valence-electron chi connectivity index (χ1n) is 12.9. The van der Waals surface area contributed by atoms with Crippen molar-refractivity contribution in [3.05, 3.63) is 46.3 Å². The number of nitrogens with zero attached hydrogens (tertiary/aromatic N) is 4. The molecule has 1 saturated heterocycles. The molecule has 0 unspecified atom stereocenters. The number of nitrogens with one attached hydrogen (secondary N) is 2. The van der Waals surface area contributed by atoms with Crippen molar-refractivity contribution in [1.29, 1.82) is 0 Å². The van der Waals surface area contributed by atoms with Crippen LogP contribution in [-0.4, -0.2) is 56.4 Å². The lowest BCUT2D eigenvalue weighted by Gasteiger charge is -2.31. The molecule has 1 aliphatic heterocycles. The maximum Gasteiger partial charge on any atom is 0.225 e. The Kier molecular flexibility index (Phi) is 6.76. The van der Waals surface area contributed by atoms with Crippen molar-refractivity contribution in [2.45, 2.75) is 64.4 Å². The van der Waals surface area contributed by atoms with Gasteiger partial charge in [0.05, 0.1) is 36.3 Å². The molecule has 1 saturated carbocycles. The lowest BCUT2D eigenvalue weighted by atomic mass is 10.0. The minimum absolute atomic E-state index is 0.0181. The second-order valence-corrected chi connectivity index (χ2v) is 11.4. The summed E-state index contributed by atoms with van der Waals surface area (Å²) in [6.07, 6.45) is 4.55. The Morgan fingerprint density at radius 3 is 2.87 bits per heavy atom. The van der Waals surface area contributed by atoms with E-state index in [1.54, 1.807) is 30.8 Å². The van der Waals surface area contributed by atoms with Gasteiger partial charge in [-0.2, -0.15) is 4.98 Å². The number of hydrogen-bond acceptors (Lipinski definition) is 12. The number of aromatic nitrogens is 4. The van der Waals surface area contributed by atoms with Crippen molar-refractivity contribution >= 4 is 34.1 Å². The van der Waals surface area contributed by atoms with Crippen LogP contribution in [0.5, 0.6) is 0 Å². The van der Waals surface area contributed by atoms with Crippen LogP contribution in [0.15, 0.2) is 34.3 Å². The van der Waals surface area contributed by atoms with Crippen molar-refractivity contribution in [1.82, 2.24) is 19.9 Å². The highest BCUT2D eigenvalue weighted by Crippen LogP contribution is 2.50. The molecule has 0 radical (unpaired) electrons. The van der Waals surface area contributed by atoms with Gasteiger partial charge in [-0.3, -0.25) is 4.98 Å². The third kappa shape index (κ3) is 4.98. The molecule has 4 aromatic rings. The molecule has 0 bridgehead atoms. The molecule has 5 heterocycles. The Hall–Kier alpha value is -3.16. The number of aliphatic hydroxyl groups is 1. The summed E-state index contributed by atoms with van der Waals surface area (Å²) in [4.78, 5) is 18.4. The topological polar surface area (TPSA) is 137 Å². The third-order valence-corrected chi connectivity index (χ3v) is 7.93. The summed E-state index contributed by atoms with van der Waals surface area (Å²) in [6.45, 7) is 6.63. The van der Waals surface area contributed by atoms with Gasteiger partial charge >= 0.3 is 0 Å². The van der Waals surface area contributed by atoms with Gasteiger partial charge in [-0.05, 0) is 45.7 Å². The largest absolute Gasteiger partial charge is 0.454 e. The Morgan fingerprint density at radius 2 is 2.10 bits per heavy atom. The van der Waals surface area contributed by atoms with Crippen molar-refractivity contribution in [2.75, 3.05) is 24.4 Å². The fourth-order valence-corrected chi connectivity index (χ4v) is 6.12. The highest BCUT2D eigenvalue weighted by Gasteiger charge is 2.60. The number of furan rings is 1. The molecule has 0 aromatic carbocycles. The van der Waals surface area contributed by atoms with Crippen molar-refractivity contribution in [2.24, 2.45) is 5.92 Å². The highest BCUT2D eigenvalue weighted by molar-refractivity contribution is 7.09. The fraction of sp³-hybridized carbons (Fsp3) is 0.481. The van der Waals surface area contributed by atoms with Gasteiger partial charge in [0.1, 0.15) is 22.7 Å². The molecule has 3 N–H and O–H groups in total. The number of hydrogen-bond donors (Lipinski definition) is 3. The molecule has 0 spiro atoms. The molecule has 2 fully saturated rings. The van der Waals surface area contributed by atoms with E-state index in [9.17, 15) is 5.11 Å². The third-order valence-electron chi connectivity index (χ3n) is 7.15. The first-order valence-corrected chi connectivity index (χ1v) is 13.8. The van der Waals surface area contributed by atoms with Gasteiger partial charge in [-0.15, -0.1) is 11.3 Å². The Labute approximate surface area is 230 Å². The molecule has 39 heavy (non-hydrogen) atoms. The van der Waals surface area contributed by atoms with Crippen LogP contribution in [0.3, 0.4) is 0 Å². The zero-order valence-corrected chi connectivity index (χ0v) is 23.2. The fourth-order valence-electron chi connectivity index (χ4n) is 5.56. The molecule has 12 heteroatoms. The lowest BCUT2D eigenvalue weighted by molar-refractivity contribution is -0.168. The number of methoxy groups -OCH3 is 1. The van der Waals surface area contributed by atoms with E-state index < -0.39 is 11.5 Å². The van der Waals surface area contributed by atoms with Crippen LogP contribution in [0.1, 0.15) is 43.1 Å². The van der Waals surface area contributed by atoms with Crippen molar-refractivity contribution < 1.29 is 23.7 Å². The van der Waals surface area contributed by atoms with Gasteiger partial charge < -0.3 is 34.4 Å². The Balaban J connectivity index is 1.42. The van der Waals surface area contributed by atoms with Gasteiger partial charge in [0.15, 0.2) is 17.1 Å². The summed E-state index contributed by atoms with van der Waals surface area (Å²) in [5.74, 6) is 0.748. The van der Waals surface area contributed by atoms with E-state index in [0.717, 1.165) is 28.2 Å². The number of pyridine rings is 1. The Bertz CT molecular complexity index is 1480. The molecule has 2 aliphatic rings. The molecule has 1 aliphatic carbocycles. The predicted molar refractivity (Wildman–Crippen MR) is 146 cm³/mol. The lowest BCUT2D eigenvalue weighted by Crippen LogP contribution is -2.46. The molecule has 206 valence electrons. The average Bonchev–Trinajstić information content (AvgIpc) is 3.65. The standard InChI is InChI=1S/C27H32N6O5S/c1-15-22(19-10-17-9-18(14-35-4)29-11-20(17)36-19)24(32-25(31-15)30-12-21-28-7-8-39-21)33-27-6-5-16(13-34)23(27)37-26(2,3)38-27/h7-11,16,23,34H,5-6,12-14H2,1-4H3,(H2,30,31,32,33)/t16-,23-,27-/m1/s1. The molecule has 4 aromatic heterocycles. The monoisotopic (exact) mass is 552 g/mol. The first kappa shape index (κ1) is 26.1. The van der Waals surface area contributed by atoms with E-state index >= 15 is 0 Å². The summed E-state index contributed by atoms with van der Waals surface area (Å²) < 4.78 is 24.3. The molecule has 6 rings (SSSR count). The molecular formula is C27H32N6O5S. The van der Waals surface area contributed by atoms with Gasteiger partial charge in [0, 0.05) is 36.6 Å². The summed E-state index contributed by atoms with van der Waals surface area (Å²) >= 11 is 1.56. The zero-order chi connectivity index (χ0) is 27.2. The van der Waals surface area contributed by atoms with Crippen LogP contribution in [0.2, 0.25) is 0 Å². The maximum atomic E-state index is 10.1. The summed E-state index contributed by atoms with van der Waals surface area (Å²) in [5.41, 5.74) is 2.04. The van der Waals surface area contributed by atoms with Gasteiger partial charge in [-0.1, -0.05) is 0 Å². The summed E-state index contributed by atoms with van der Waals surface area (Å²) in [7, 11) is 1.64. The van der Waals surface area contributed by atoms with Gasteiger partial charge in [-0.25, -0.2) is 9.97 Å². The van der Waals surface area contributed by atoms with Crippen molar-refractivity contribution in [3.63, 3.8) is 0 Å². The number of thiazole rings is 1. The second-order valence-electron chi connectivity index (χ2n) is 10.4. The van der Waals surface area contributed by atoms with Crippen LogP contribution in [0.4, 0.5) is 11.8 Å². The number of anilines is 2. The number of aliphatic hydroxyl groups excluding tert-OH is 1.